The minimum atomic E-state index is -0.379. The van der Waals surface area contributed by atoms with E-state index in [0.29, 0.717) is 36.9 Å². The molecule has 0 bridgehead atoms. The van der Waals surface area contributed by atoms with Gasteiger partial charge in [-0.1, -0.05) is 0 Å². The molecule has 1 aromatic carbocycles. The normalized spacial score (nSPS) is 17.3. The third-order valence-electron chi connectivity index (χ3n) is 3.78. The Hall–Kier alpha value is -2.28. The van der Waals surface area contributed by atoms with Gasteiger partial charge in [-0.05, 0) is 12.1 Å². The number of methoxy groups -OCH3 is 3. The molecular weight excluding hydrogens is 300 g/mol. The number of anilines is 1. The standard InChI is InChI=1S/C16H22N2O5/c1-21-7-6-17-16(20)11-8-15(19)18(10-11)13-9-12(22-2)4-5-14(13)23-3/h4-5,9,11H,6-8,10H2,1-3H3,(H,17,20). The summed E-state index contributed by atoms with van der Waals surface area (Å²) in [6.07, 6.45) is 0.180. The van der Waals surface area contributed by atoms with Gasteiger partial charge in [-0.3, -0.25) is 9.59 Å². The van der Waals surface area contributed by atoms with E-state index in [1.165, 1.54) is 0 Å². The number of amides is 2. The van der Waals surface area contributed by atoms with Crippen LogP contribution in [-0.4, -0.2) is 52.8 Å². The molecule has 1 saturated heterocycles. The first-order valence-corrected chi connectivity index (χ1v) is 7.39. The summed E-state index contributed by atoms with van der Waals surface area (Å²) in [7, 11) is 4.67. The smallest absolute Gasteiger partial charge is 0.227 e. The van der Waals surface area contributed by atoms with E-state index in [-0.39, 0.29) is 24.2 Å². The van der Waals surface area contributed by atoms with Crippen molar-refractivity contribution in [2.45, 2.75) is 6.42 Å². The van der Waals surface area contributed by atoms with Gasteiger partial charge in [-0.2, -0.15) is 0 Å². The lowest BCUT2D eigenvalue weighted by Gasteiger charge is -2.20. The average molecular weight is 322 g/mol. The number of hydrogen-bond donors (Lipinski definition) is 1. The van der Waals surface area contributed by atoms with Crippen LogP contribution in [0.3, 0.4) is 0 Å². The SMILES string of the molecule is COCCNC(=O)C1CC(=O)N(c2cc(OC)ccc2OC)C1. The van der Waals surface area contributed by atoms with Crippen molar-refractivity contribution in [1.82, 2.24) is 5.32 Å². The van der Waals surface area contributed by atoms with Crippen LogP contribution < -0.4 is 19.7 Å². The molecule has 1 unspecified atom stereocenters. The molecule has 0 saturated carbocycles. The Morgan fingerprint density at radius 1 is 1.30 bits per heavy atom. The molecule has 1 aliphatic rings. The number of hydrogen-bond acceptors (Lipinski definition) is 5. The van der Waals surface area contributed by atoms with Crippen molar-refractivity contribution in [1.29, 1.82) is 0 Å². The first-order chi connectivity index (χ1) is 11.1. The van der Waals surface area contributed by atoms with Gasteiger partial charge in [0.2, 0.25) is 11.8 Å². The maximum Gasteiger partial charge on any atom is 0.227 e. The Labute approximate surface area is 135 Å². The van der Waals surface area contributed by atoms with Crippen molar-refractivity contribution >= 4 is 17.5 Å². The highest BCUT2D eigenvalue weighted by Gasteiger charge is 2.36. The van der Waals surface area contributed by atoms with Crippen LogP contribution in [0.4, 0.5) is 5.69 Å². The molecule has 1 fully saturated rings. The van der Waals surface area contributed by atoms with Gasteiger partial charge in [0, 0.05) is 32.7 Å². The molecule has 1 heterocycles. The zero-order chi connectivity index (χ0) is 16.8. The second kappa shape index (κ2) is 7.82. The van der Waals surface area contributed by atoms with E-state index in [9.17, 15) is 9.59 Å². The number of carbonyl (C=O) groups is 2. The maximum absolute atomic E-state index is 12.3. The quantitative estimate of drug-likeness (QED) is 0.752. The number of nitrogens with zero attached hydrogens (tertiary/aromatic N) is 1. The molecule has 126 valence electrons. The highest BCUT2D eigenvalue weighted by atomic mass is 16.5. The van der Waals surface area contributed by atoms with Crippen LogP contribution in [-0.2, 0) is 14.3 Å². The summed E-state index contributed by atoms with van der Waals surface area (Å²) < 4.78 is 15.4. The van der Waals surface area contributed by atoms with Crippen LogP contribution in [0.2, 0.25) is 0 Å². The number of rotatable bonds is 7. The lowest BCUT2D eigenvalue weighted by molar-refractivity contribution is -0.126. The Morgan fingerprint density at radius 2 is 2.09 bits per heavy atom. The third kappa shape index (κ3) is 3.92. The molecule has 0 radical (unpaired) electrons. The van der Waals surface area contributed by atoms with E-state index in [1.807, 2.05) is 0 Å². The number of ether oxygens (including phenoxy) is 3. The highest BCUT2D eigenvalue weighted by molar-refractivity contribution is 6.01. The molecule has 7 nitrogen and oxygen atoms in total. The summed E-state index contributed by atoms with van der Waals surface area (Å²) in [5.41, 5.74) is 0.615. The van der Waals surface area contributed by atoms with Gasteiger partial charge in [-0.25, -0.2) is 0 Å². The van der Waals surface area contributed by atoms with E-state index < -0.39 is 0 Å². The molecular formula is C16H22N2O5. The van der Waals surface area contributed by atoms with Gasteiger partial charge in [0.1, 0.15) is 11.5 Å². The third-order valence-corrected chi connectivity index (χ3v) is 3.78. The van der Waals surface area contributed by atoms with Crippen molar-refractivity contribution in [2.75, 3.05) is 45.9 Å². The van der Waals surface area contributed by atoms with E-state index >= 15 is 0 Å². The van der Waals surface area contributed by atoms with Crippen LogP contribution in [0.25, 0.3) is 0 Å². The summed E-state index contributed by atoms with van der Waals surface area (Å²) >= 11 is 0. The van der Waals surface area contributed by atoms with Crippen molar-refractivity contribution in [3.63, 3.8) is 0 Å². The van der Waals surface area contributed by atoms with E-state index in [0.717, 1.165) is 0 Å². The molecule has 2 rings (SSSR count). The second-order valence-corrected chi connectivity index (χ2v) is 5.23. The van der Waals surface area contributed by atoms with Crippen LogP contribution in [0.5, 0.6) is 11.5 Å². The predicted octanol–water partition coefficient (Wildman–Crippen LogP) is 0.819. The number of nitrogens with one attached hydrogen (secondary N) is 1. The number of benzene rings is 1. The van der Waals surface area contributed by atoms with E-state index in [2.05, 4.69) is 5.32 Å². The van der Waals surface area contributed by atoms with Gasteiger partial charge < -0.3 is 24.4 Å². The fourth-order valence-corrected chi connectivity index (χ4v) is 2.54. The number of carbonyl (C=O) groups excluding carboxylic acids is 2. The molecule has 1 N–H and O–H groups in total. The second-order valence-electron chi connectivity index (χ2n) is 5.23. The molecule has 0 spiro atoms. The maximum atomic E-state index is 12.3. The van der Waals surface area contributed by atoms with Crippen molar-refractivity contribution < 1.29 is 23.8 Å². The van der Waals surface area contributed by atoms with Crippen molar-refractivity contribution in [2.24, 2.45) is 5.92 Å². The summed E-state index contributed by atoms with van der Waals surface area (Å²) in [4.78, 5) is 26.0. The zero-order valence-electron chi connectivity index (χ0n) is 13.6. The fraction of sp³-hybridized carbons (Fsp3) is 0.500. The van der Waals surface area contributed by atoms with Crippen LogP contribution >= 0.6 is 0 Å². The Morgan fingerprint density at radius 3 is 2.74 bits per heavy atom. The van der Waals surface area contributed by atoms with Gasteiger partial charge in [-0.15, -0.1) is 0 Å². The summed E-state index contributed by atoms with van der Waals surface area (Å²) in [5, 5.41) is 2.77. The minimum absolute atomic E-state index is 0.108. The molecule has 1 atom stereocenters. The first kappa shape index (κ1) is 17.1. The van der Waals surface area contributed by atoms with Gasteiger partial charge in [0.25, 0.3) is 0 Å². The van der Waals surface area contributed by atoms with Crippen molar-refractivity contribution in [3.8, 4) is 11.5 Å². The van der Waals surface area contributed by atoms with Crippen LogP contribution in [0.1, 0.15) is 6.42 Å². The van der Waals surface area contributed by atoms with Gasteiger partial charge >= 0.3 is 0 Å². The van der Waals surface area contributed by atoms with Crippen LogP contribution in [0, 0.1) is 5.92 Å². The molecule has 23 heavy (non-hydrogen) atoms. The average Bonchev–Trinajstić information content (AvgIpc) is 2.96. The van der Waals surface area contributed by atoms with Crippen LogP contribution in [0.15, 0.2) is 18.2 Å². The summed E-state index contributed by atoms with van der Waals surface area (Å²) in [6, 6.07) is 5.24. The first-order valence-electron chi connectivity index (χ1n) is 7.39. The molecule has 7 heteroatoms. The summed E-state index contributed by atoms with van der Waals surface area (Å²) in [6.45, 7) is 1.20. The predicted molar refractivity (Wildman–Crippen MR) is 84.9 cm³/mol. The zero-order valence-corrected chi connectivity index (χ0v) is 13.6. The van der Waals surface area contributed by atoms with Crippen molar-refractivity contribution in [3.05, 3.63) is 18.2 Å². The monoisotopic (exact) mass is 322 g/mol. The highest BCUT2D eigenvalue weighted by Crippen LogP contribution is 2.35. The van der Waals surface area contributed by atoms with Gasteiger partial charge in [0.05, 0.1) is 32.4 Å². The lowest BCUT2D eigenvalue weighted by atomic mass is 10.1. The largest absolute Gasteiger partial charge is 0.497 e. The molecule has 0 aromatic heterocycles. The molecule has 0 aliphatic carbocycles. The molecule has 2 amide bonds. The molecule has 1 aliphatic heterocycles. The fourth-order valence-electron chi connectivity index (χ4n) is 2.54. The Kier molecular flexibility index (Phi) is 5.81. The van der Waals surface area contributed by atoms with E-state index in [4.69, 9.17) is 14.2 Å². The molecule has 1 aromatic rings. The Bertz CT molecular complexity index is 576. The van der Waals surface area contributed by atoms with E-state index in [1.54, 1.807) is 44.4 Å². The lowest BCUT2D eigenvalue weighted by Crippen LogP contribution is -2.34. The van der Waals surface area contributed by atoms with Gasteiger partial charge in [0.15, 0.2) is 0 Å². The minimum Gasteiger partial charge on any atom is -0.497 e. The summed E-state index contributed by atoms with van der Waals surface area (Å²) in [5.74, 6) is 0.569. The Balaban J connectivity index is 2.12. The topological polar surface area (TPSA) is 77.1 Å².